The maximum atomic E-state index is 11.8. The molecule has 21 heavy (non-hydrogen) atoms. The monoisotopic (exact) mass is 290 g/mol. The molecular weight excluding hydrogens is 276 g/mol. The lowest BCUT2D eigenvalue weighted by atomic mass is 10.2. The van der Waals surface area contributed by atoms with Crippen LogP contribution in [0.5, 0.6) is 0 Å². The summed E-state index contributed by atoms with van der Waals surface area (Å²) < 4.78 is 1.11. The van der Waals surface area contributed by atoms with Crippen molar-refractivity contribution in [3.63, 3.8) is 0 Å². The van der Waals surface area contributed by atoms with Gasteiger partial charge in [-0.3, -0.25) is 4.79 Å². The van der Waals surface area contributed by atoms with Gasteiger partial charge in [0.2, 0.25) is 12.2 Å². The fourth-order valence-corrected chi connectivity index (χ4v) is 1.64. The largest absolute Gasteiger partial charge is 0.490 e. The third-order valence-corrected chi connectivity index (χ3v) is 2.66. The summed E-state index contributed by atoms with van der Waals surface area (Å²) in [6, 6.07) is 7.29. The van der Waals surface area contributed by atoms with Gasteiger partial charge in [0.05, 0.1) is 0 Å². The van der Waals surface area contributed by atoms with E-state index in [9.17, 15) is 14.9 Å². The molecule has 0 fully saturated rings. The molecular formula is C12H14N6O3. The second-order valence-electron chi connectivity index (χ2n) is 4.49. The fraction of sp³-hybridized carbons (Fsp3) is 0.250. The van der Waals surface area contributed by atoms with Gasteiger partial charge in [0.15, 0.2) is 0 Å². The number of hydrogen-bond donors (Lipinski definition) is 1. The van der Waals surface area contributed by atoms with Crippen molar-refractivity contribution in [3.8, 4) is 0 Å². The van der Waals surface area contributed by atoms with Gasteiger partial charge in [-0.15, -0.1) is 0 Å². The lowest BCUT2D eigenvalue weighted by molar-refractivity contribution is -0.394. The Bertz CT molecular complexity index is 649. The average Bonchev–Trinajstić information content (AvgIpc) is 2.87. The molecule has 1 aromatic carbocycles. The molecule has 0 spiro atoms. The number of benzene rings is 1. The molecule has 0 radical (unpaired) electrons. The predicted octanol–water partition coefficient (Wildman–Crippen LogP) is 0.891. The topological polar surface area (TPSA) is 106 Å². The van der Waals surface area contributed by atoms with E-state index < -0.39 is 10.9 Å². The third-order valence-electron chi connectivity index (χ3n) is 2.66. The first-order valence-electron chi connectivity index (χ1n) is 6.07. The SMILES string of the molecule is CN(C)c1ccc(NC(=O)Cn2cnc([N+](=O)[O-])n2)cc1. The van der Waals surface area contributed by atoms with Crippen LogP contribution in [0, 0.1) is 10.1 Å². The quantitative estimate of drug-likeness (QED) is 0.647. The van der Waals surface area contributed by atoms with E-state index in [2.05, 4.69) is 15.4 Å². The molecule has 1 heterocycles. The van der Waals surface area contributed by atoms with Crippen molar-refractivity contribution >= 4 is 23.2 Å². The minimum atomic E-state index is -0.714. The molecule has 0 bridgehead atoms. The molecule has 9 nitrogen and oxygen atoms in total. The van der Waals surface area contributed by atoms with E-state index in [4.69, 9.17) is 0 Å². The molecule has 0 atom stereocenters. The van der Waals surface area contributed by atoms with Crippen molar-refractivity contribution in [3.05, 3.63) is 40.7 Å². The van der Waals surface area contributed by atoms with E-state index in [1.807, 2.05) is 31.1 Å². The van der Waals surface area contributed by atoms with E-state index >= 15 is 0 Å². The molecule has 0 aliphatic carbocycles. The molecule has 0 unspecified atom stereocenters. The Morgan fingerprint density at radius 3 is 2.57 bits per heavy atom. The van der Waals surface area contributed by atoms with Crippen molar-refractivity contribution in [2.75, 3.05) is 24.3 Å². The Hall–Kier alpha value is -2.97. The highest BCUT2D eigenvalue weighted by molar-refractivity contribution is 5.90. The third kappa shape index (κ3) is 3.75. The summed E-state index contributed by atoms with van der Waals surface area (Å²) in [5.41, 5.74) is 1.65. The number of nitro groups is 1. The number of hydrogen-bond acceptors (Lipinski definition) is 6. The predicted molar refractivity (Wildman–Crippen MR) is 76.1 cm³/mol. The molecule has 9 heteroatoms. The molecule has 1 N–H and O–H groups in total. The van der Waals surface area contributed by atoms with E-state index in [1.165, 1.54) is 0 Å². The van der Waals surface area contributed by atoms with E-state index in [0.717, 1.165) is 16.7 Å². The Morgan fingerprint density at radius 1 is 1.38 bits per heavy atom. The van der Waals surface area contributed by atoms with Gasteiger partial charge >= 0.3 is 5.95 Å². The first kappa shape index (κ1) is 14.4. The van der Waals surface area contributed by atoms with Gasteiger partial charge in [0.25, 0.3) is 0 Å². The zero-order valence-corrected chi connectivity index (χ0v) is 11.6. The van der Waals surface area contributed by atoms with Crippen LogP contribution in [-0.4, -0.2) is 39.7 Å². The first-order valence-corrected chi connectivity index (χ1v) is 6.07. The van der Waals surface area contributed by atoms with E-state index in [1.54, 1.807) is 12.1 Å². The second-order valence-corrected chi connectivity index (χ2v) is 4.49. The Kier molecular flexibility index (Phi) is 4.12. The normalized spacial score (nSPS) is 10.2. The Labute approximate surface area is 120 Å². The van der Waals surface area contributed by atoms with Crippen LogP contribution in [0.1, 0.15) is 0 Å². The average molecular weight is 290 g/mol. The maximum absolute atomic E-state index is 11.8. The summed E-state index contributed by atoms with van der Waals surface area (Å²) in [5.74, 6) is -0.870. The fourth-order valence-electron chi connectivity index (χ4n) is 1.64. The molecule has 0 saturated heterocycles. The van der Waals surface area contributed by atoms with Gasteiger partial charge in [-0.2, -0.15) is 4.68 Å². The number of rotatable bonds is 5. The maximum Gasteiger partial charge on any atom is 0.490 e. The molecule has 2 aromatic rings. The second kappa shape index (κ2) is 5.99. The number of aromatic nitrogens is 3. The van der Waals surface area contributed by atoms with Crippen LogP contribution >= 0.6 is 0 Å². The standard InChI is InChI=1S/C12H14N6O3/c1-16(2)10-5-3-9(4-6-10)14-11(19)7-17-8-13-12(15-17)18(20)21/h3-6,8H,7H2,1-2H3,(H,14,19). The molecule has 0 saturated carbocycles. The van der Waals surface area contributed by atoms with E-state index in [0.29, 0.717) is 5.69 Å². The molecule has 0 aliphatic heterocycles. The summed E-state index contributed by atoms with van der Waals surface area (Å²) in [5, 5.41) is 16.7. The lowest BCUT2D eigenvalue weighted by Gasteiger charge is -2.12. The van der Waals surface area contributed by atoms with Crippen LogP contribution in [0.2, 0.25) is 0 Å². The van der Waals surface area contributed by atoms with Crippen molar-refractivity contribution in [2.45, 2.75) is 6.54 Å². The van der Waals surface area contributed by atoms with Crippen molar-refractivity contribution in [1.82, 2.24) is 14.8 Å². The van der Waals surface area contributed by atoms with Gasteiger partial charge < -0.3 is 20.3 Å². The number of amides is 1. The van der Waals surface area contributed by atoms with Gasteiger partial charge in [0, 0.05) is 30.6 Å². The zero-order chi connectivity index (χ0) is 15.4. The highest BCUT2D eigenvalue weighted by Gasteiger charge is 2.15. The summed E-state index contributed by atoms with van der Waals surface area (Å²) in [6.07, 6.45) is 1.15. The van der Waals surface area contributed by atoms with Crippen LogP contribution in [0.15, 0.2) is 30.6 Å². The van der Waals surface area contributed by atoms with Crippen LogP contribution in [-0.2, 0) is 11.3 Å². The molecule has 1 amide bonds. The van der Waals surface area contributed by atoms with E-state index in [-0.39, 0.29) is 12.5 Å². The van der Waals surface area contributed by atoms with Crippen LogP contribution in [0.25, 0.3) is 0 Å². The summed E-state index contributed by atoms with van der Waals surface area (Å²) >= 11 is 0. The lowest BCUT2D eigenvalue weighted by Crippen LogP contribution is -2.19. The summed E-state index contributed by atoms with van der Waals surface area (Å²) in [6.45, 7) is -0.143. The minimum absolute atomic E-state index is 0.143. The first-order chi connectivity index (χ1) is 9.95. The van der Waals surface area contributed by atoms with Crippen molar-refractivity contribution in [1.29, 1.82) is 0 Å². The van der Waals surface area contributed by atoms with Crippen LogP contribution in [0.3, 0.4) is 0 Å². The number of carbonyl (C=O) groups is 1. The van der Waals surface area contributed by atoms with Crippen molar-refractivity contribution in [2.24, 2.45) is 0 Å². The highest BCUT2D eigenvalue weighted by atomic mass is 16.6. The molecule has 1 aromatic heterocycles. The molecule has 2 rings (SSSR count). The van der Waals surface area contributed by atoms with Gasteiger partial charge in [-0.05, 0) is 29.2 Å². The number of anilines is 2. The molecule has 0 aliphatic rings. The van der Waals surface area contributed by atoms with Gasteiger partial charge in [0.1, 0.15) is 6.54 Å². The smallest absolute Gasteiger partial charge is 0.390 e. The van der Waals surface area contributed by atoms with Crippen LogP contribution < -0.4 is 10.2 Å². The van der Waals surface area contributed by atoms with Gasteiger partial charge in [-0.1, -0.05) is 4.98 Å². The zero-order valence-electron chi connectivity index (χ0n) is 11.6. The highest BCUT2D eigenvalue weighted by Crippen LogP contribution is 2.15. The van der Waals surface area contributed by atoms with Crippen LogP contribution in [0.4, 0.5) is 17.3 Å². The number of nitrogens with one attached hydrogen (secondary N) is 1. The minimum Gasteiger partial charge on any atom is -0.390 e. The summed E-state index contributed by atoms with van der Waals surface area (Å²) in [4.78, 5) is 26.9. The summed E-state index contributed by atoms with van der Waals surface area (Å²) in [7, 11) is 3.84. The number of carbonyl (C=O) groups excluding carboxylic acids is 1. The van der Waals surface area contributed by atoms with Crippen molar-refractivity contribution < 1.29 is 9.72 Å². The Balaban J connectivity index is 1.96. The Morgan fingerprint density at radius 2 is 2.05 bits per heavy atom. The number of nitrogens with zero attached hydrogens (tertiary/aromatic N) is 5. The molecule has 110 valence electrons. The van der Waals surface area contributed by atoms with Gasteiger partial charge in [-0.25, -0.2) is 0 Å².